The van der Waals surface area contributed by atoms with E-state index in [4.69, 9.17) is 18.9 Å². The molecule has 0 aromatic carbocycles. The third kappa shape index (κ3) is 12.6. The molecule has 0 spiro atoms. The quantitative estimate of drug-likeness (QED) is 0.112. The van der Waals surface area contributed by atoms with Crippen molar-refractivity contribution in [1.29, 1.82) is 0 Å². The molecule has 0 saturated heterocycles. The summed E-state index contributed by atoms with van der Waals surface area (Å²) in [6, 6.07) is 2.57. The third-order valence-corrected chi connectivity index (χ3v) is 14.9. The van der Waals surface area contributed by atoms with Crippen LogP contribution in [0.5, 0.6) is 0 Å². The molecule has 0 aromatic heterocycles. The monoisotopic (exact) mass is 474 g/mol. The van der Waals surface area contributed by atoms with Gasteiger partial charge >= 0.3 is 0 Å². The molecular weight excluding hydrogens is 433 g/mol. The SMILES string of the molecule is CCCCC[SiH2]C(CSSSCC(OC)(OC)[SiH2]CCCCC)(OC)OC. The van der Waals surface area contributed by atoms with Crippen molar-refractivity contribution < 1.29 is 18.9 Å². The van der Waals surface area contributed by atoms with Gasteiger partial charge in [-0.1, -0.05) is 86.0 Å². The molecule has 0 N–H and O–H groups in total. The second kappa shape index (κ2) is 18.1. The van der Waals surface area contributed by atoms with Crippen molar-refractivity contribution in [3.63, 3.8) is 0 Å². The zero-order chi connectivity index (χ0) is 20.4. The Labute approximate surface area is 184 Å². The van der Waals surface area contributed by atoms with Gasteiger partial charge in [0.25, 0.3) is 0 Å². The molecule has 0 heterocycles. The molecule has 0 atom stereocenters. The van der Waals surface area contributed by atoms with Gasteiger partial charge in [0.2, 0.25) is 0 Å². The van der Waals surface area contributed by atoms with E-state index in [1.54, 1.807) is 28.4 Å². The predicted octanol–water partition coefficient (Wildman–Crippen LogP) is 4.46. The molecule has 0 amide bonds. The smallest absolute Gasteiger partial charge is 0.153 e. The van der Waals surface area contributed by atoms with Gasteiger partial charge in [0.15, 0.2) is 10.8 Å². The molecule has 4 nitrogen and oxygen atoms in total. The minimum absolute atomic E-state index is 0.333. The molecule has 0 aromatic rings. The van der Waals surface area contributed by atoms with Crippen LogP contribution in [-0.2, 0) is 18.9 Å². The zero-order valence-electron chi connectivity index (χ0n) is 18.3. The Hall–Kier alpha value is 1.32. The van der Waals surface area contributed by atoms with Crippen molar-refractivity contribution >= 4 is 50.5 Å². The Balaban J connectivity index is 4.24. The van der Waals surface area contributed by atoms with E-state index in [0.29, 0.717) is 0 Å². The van der Waals surface area contributed by atoms with Gasteiger partial charge in [-0.2, -0.15) is 0 Å². The summed E-state index contributed by atoms with van der Waals surface area (Å²) in [6.45, 7) is 4.50. The first kappa shape index (κ1) is 28.3. The van der Waals surface area contributed by atoms with E-state index in [9.17, 15) is 0 Å². The van der Waals surface area contributed by atoms with Crippen LogP contribution in [0.15, 0.2) is 0 Å². The summed E-state index contributed by atoms with van der Waals surface area (Å²) in [5.74, 6) is 1.77. The Morgan fingerprint density at radius 1 is 0.630 bits per heavy atom. The standard InChI is InChI=1S/C18H42O4S3Si2/c1-7-9-11-13-26-17(19-3,20-4)15-23-25-24-16-18(21-5,22-6)27-14-12-10-8-2/h7-16,26-27H2,1-6H3. The fourth-order valence-electron chi connectivity index (χ4n) is 2.86. The molecule has 0 unspecified atom stereocenters. The van der Waals surface area contributed by atoms with E-state index in [1.165, 1.54) is 50.6 Å². The van der Waals surface area contributed by atoms with Crippen molar-refractivity contribution in [2.24, 2.45) is 0 Å². The van der Waals surface area contributed by atoms with Gasteiger partial charge in [-0.05, 0) is 9.83 Å². The van der Waals surface area contributed by atoms with Crippen LogP contribution in [0.3, 0.4) is 0 Å². The van der Waals surface area contributed by atoms with Gasteiger partial charge in [-0.25, -0.2) is 0 Å². The normalized spacial score (nSPS) is 13.6. The molecule has 164 valence electrons. The fraction of sp³-hybridized carbons (Fsp3) is 1.00. The molecule has 0 aliphatic heterocycles. The Bertz CT molecular complexity index is 304. The maximum absolute atomic E-state index is 5.79. The Morgan fingerprint density at radius 3 is 1.30 bits per heavy atom. The van der Waals surface area contributed by atoms with E-state index in [-0.39, 0.29) is 10.8 Å². The van der Waals surface area contributed by atoms with E-state index in [0.717, 1.165) is 11.5 Å². The van der Waals surface area contributed by atoms with Gasteiger partial charge < -0.3 is 18.9 Å². The fourth-order valence-corrected chi connectivity index (χ4v) is 12.7. The van der Waals surface area contributed by atoms with Gasteiger partial charge in [-0.15, -0.1) is 0 Å². The Kier molecular flexibility index (Phi) is 19.0. The highest BCUT2D eigenvalue weighted by Gasteiger charge is 2.31. The highest BCUT2D eigenvalue weighted by molar-refractivity contribution is 9.09. The van der Waals surface area contributed by atoms with E-state index >= 15 is 0 Å². The lowest BCUT2D eigenvalue weighted by atomic mass is 10.3. The summed E-state index contributed by atoms with van der Waals surface area (Å²) in [5, 5.41) is 0. The van der Waals surface area contributed by atoms with Crippen LogP contribution < -0.4 is 0 Å². The molecule has 0 rings (SSSR count). The molecule has 0 fully saturated rings. The number of methoxy groups -OCH3 is 4. The third-order valence-electron chi connectivity index (χ3n) is 4.96. The van der Waals surface area contributed by atoms with Gasteiger partial charge in [0.05, 0.1) is 30.5 Å². The maximum atomic E-state index is 5.79. The molecule has 0 radical (unpaired) electrons. The lowest BCUT2D eigenvalue weighted by Crippen LogP contribution is -2.43. The average Bonchev–Trinajstić information content (AvgIpc) is 2.71. The predicted molar refractivity (Wildman–Crippen MR) is 132 cm³/mol. The first-order chi connectivity index (χ1) is 13.1. The molecule has 0 aliphatic carbocycles. The summed E-state index contributed by atoms with van der Waals surface area (Å²) < 4.78 is 23.1. The lowest BCUT2D eigenvalue weighted by Gasteiger charge is -2.31. The van der Waals surface area contributed by atoms with E-state index in [1.807, 2.05) is 31.4 Å². The molecular formula is C18H42O4S3Si2. The van der Waals surface area contributed by atoms with Crippen molar-refractivity contribution in [3.8, 4) is 0 Å². The van der Waals surface area contributed by atoms with Crippen LogP contribution >= 0.6 is 31.4 Å². The summed E-state index contributed by atoms with van der Waals surface area (Å²) in [6.07, 6.45) is 7.77. The highest BCUT2D eigenvalue weighted by Crippen LogP contribution is 2.39. The van der Waals surface area contributed by atoms with Gasteiger partial charge in [0, 0.05) is 28.4 Å². The summed E-state index contributed by atoms with van der Waals surface area (Å²) in [4.78, 5) is 0. The number of ether oxygens (including phenoxy) is 4. The summed E-state index contributed by atoms with van der Waals surface area (Å²) >= 11 is 0. The zero-order valence-corrected chi connectivity index (χ0v) is 23.6. The number of rotatable bonds is 20. The average molecular weight is 475 g/mol. The first-order valence-corrected chi connectivity index (χ1v) is 17.4. The number of unbranched alkanes of at least 4 members (excludes halogenated alkanes) is 4. The first-order valence-electron chi connectivity index (χ1n) is 10.2. The Morgan fingerprint density at radius 2 is 1.00 bits per heavy atom. The molecule has 0 aliphatic rings. The molecule has 0 saturated carbocycles. The minimum Gasteiger partial charge on any atom is -0.357 e. The molecule has 27 heavy (non-hydrogen) atoms. The van der Waals surface area contributed by atoms with Crippen LogP contribution in [0.4, 0.5) is 0 Å². The van der Waals surface area contributed by atoms with Crippen LogP contribution in [0.25, 0.3) is 0 Å². The summed E-state index contributed by atoms with van der Waals surface area (Å²) in [5.41, 5.74) is -0.666. The van der Waals surface area contributed by atoms with Crippen molar-refractivity contribution in [3.05, 3.63) is 0 Å². The van der Waals surface area contributed by atoms with Gasteiger partial charge in [0.1, 0.15) is 0 Å². The second-order valence-electron chi connectivity index (χ2n) is 6.85. The van der Waals surface area contributed by atoms with Crippen LogP contribution in [0, 0.1) is 0 Å². The topological polar surface area (TPSA) is 36.9 Å². The highest BCUT2D eigenvalue weighted by atomic mass is 33.5. The number of hydrogen-bond donors (Lipinski definition) is 0. The number of hydrogen-bond acceptors (Lipinski definition) is 7. The minimum atomic E-state index is -0.419. The van der Waals surface area contributed by atoms with E-state index in [2.05, 4.69) is 13.8 Å². The summed E-state index contributed by atoms with van der Waals surface area (Å²) in [7, 11) is 11.8. The van der Waals surface area contributed by atoms with Crippen LogP contribution in [0.1, 0.15) is 52.4 Å². The van der Waals surface area contributed by atoms with Crippen molar-refractivity contribution in [2.45, 2.75) is 75.3 Å². The van der Waals surface area contributed by atoms with E-state index < -0.39 is 19.0 Å². The van der Waals surface area contributed by atoms with Crippen molar-refractivity contribution in [1.82, 2.24) is 0 Å². The molecule has 9 heteroatoms. The largest absolute Gasteiger partial charge is 0.357 e. The second-order valence-corrected chi connectivity index (χ2v) is 15.7. The van der Waals surface area contributed by atoms with Crippen LogP contribution in [-0.4, -0.2) is 69.8 Å². The molecule has 0 bridgehead atoms. The maximum Gasteiger partial charge on any atom is 0.153 e. The van der Waals surface area contributed by atoms with Crippen LogP contribution in [0.2, 0.25) is 12.1 Å². The van der Waals surface area contributed by atoms with Crippen molar-refractivity contribution in [2.75, 3.05) is 39.9 Å². The van der Waals surface area contributed by atoms with Gasteiger partial charge in [-0.3, -0.25) is 0 Å². The lowest BCUT2D eigenvalue weighted by molar-refractivity contribution is -0.127.